The topological polar surface area (TPSA) is 286 Å². The van der Waals surface area contributed by atoms with Crippen molar-refractivity contribution in [1.29, 1.82) is 0 Å². The number of rotatable bonds is 11. The van der Waals surface area contributed by atoms with E-state index in [0.29, 0.717) is 0 Å². The van der Waals surface area contributed by atoms with Crippen molar-refractivity contribution in [3.05, 3.63) is 78.4 Å². The SMILES string of the molecule is Nc1c(N=Nc2ccc(C(=O)Nc3ccc(S(=O)(=O)CCOS(=O)(=O)O)cc3)cc2)c(S(=O)(=O)O)cc2cc(S(=O)(=O)O)ccc12. The van der Waals surface area contributed by atoms with Crippen LogP contribution in [0.2, 0.25) is 0 Å². The number of benzene rings is 4. The summed E-state index contributed by atoms with van der Waals surface area (Å²) in [7, 11) is -18.3. The van der Waals surface area contributed by atoms with Crippen LogP contribution in [0.4, 0.5) is 22.7 Å². The predicted molar refractivity (Wildman–Crippen MR) is 163 cm³/mol. The van der Waals surface area contributed by atoms with Crippen molar-refractivity contribution in [1.82, 2.24) is 0 Å². The van der Waals surface area contributed by atoms with Crippen LogP contribution in [0.25, 0.3) is 10.8 Å². The molecule has 0 fully saturated rings. The molecule has 0 heterocycles. The summed E-state index contributed by atoms with van der Waals surface area (Å²) in [5.41, 5.74) is 5.85. The highest BCUT2D eigenvalue weighted by molar-refractivity contribution is 7.91. The fraction of sp³-hybridized carbons (Fsp3) is 0.0800. The Balaban J connectivity index is 1.51. The van der Waals surface area contributed by atoms with E-state index >= 15 is 0 Å². The van der Waals surface area contributed by atoms with Gasteiger partial charge < -0.3 is 11.1 Å². The van der Waals surface area contributed by atoms with E-state index in [0.717, 1.165) is 18.2 Å². The third kappa shape index (κ3) is 8.46. The number of carbonyl (C=O) groups is 1. The molecule has 0 aromatic heterocycles. The molecule has 1 amide bonds. The summed E-state index contributed by atoms with van der Waals surface area (Å²) < 4.78 is 125. The summed E-state index contributed by atoms with van der Waals surface area (Å²) in [6, 6.07) is 14.5. The molecule has 17 nitrogen and oxygen atoms in total. The van der Waals surface area contributed by atoms with Crippen LogP contribution in [0, 0.1) is 0 Å². The van der Waals surface area contributed by atoms with Gasteiger partial charge in [0.05, 0.1) is 33.5 Å². The van der Waals surface area contributed by atoms with E-state index in [9.17, 15) is 47.6 Å². The van der Waals surface area contributed by atoms with E-state index in [1.807, 2.05) is 0 Å². The van der Waals surface area contributed by atoms with Crippen molar-refractivity contribution in [2.24, 2.45) is 10.2 Å². The lowest BCUT2D eigenvalue weighted by atomic mass is 10.1. The summed E-state index contributed by atoms with van der Waals surface area (Å²) in [5, 5.41) is 10.4. The largest absolute Gasteiger partial charge is 0.397 e. The Kier molecular flexibility index (Phi) is 9.61. The maximum atomic E-state index is 12.7. The molecule has 0 unspecified atom stereocenters. The van der Waals surface area contributed by atoms with Crippen LogP contribution in [0.1, 0.15) is 10.4 Å². The number of nitrogens with zero attached hydrogens (tertiary/aromatic N) is 2. The fourth-order valence-electron chi connectivity index (χ4n) is 3.94. The molecule has 0 aliphatic heterocycles. The van der Waals surface area contributed by atoms with Crippen LogP contribution in [0.15, 0.2) is 97.7 Å². The van der Waals surface area contributed by atoms with E-state index < -0.39 is 74.2 Å². The molecule has 0 aliphatic carbocycles. The quantitative estimate of drug-likeness (QED) is 0.0847. The number of carbonyl (C=O) groups excluding carboxylic acids is 1. The van der Waals surface area contributed by atoms with Crippen LogP contribution >= 0.6 is 0 Å². The van der Waals surface area contributed by atoms with Crippen LogP contribution in [-0.4, -0.2) is 65.6 Å². The number of amides is 1. The van der Waals surface area contributed by atoms with Gasteiger partial charge in [-0.3, -0.25) is 18.5 Å². The van der Waals surface area contributed by atoms with Gasteiger partial charge in [0.1, 0.15) is 10.6 Å². The third-order valence-corrected chi connectivity index (χ3v) is 9.99. The van der Waals surface area contributed by atoms with Crippen molar-refractivity contribution < 1.29 is 56.3 Å². The Morgan fingerprint density at radius 3 is 1.93 bits per heavy atom. The number of hydrogen-bond donors (Lipinski definition) is 5. The Morgan fingerprint density at radius 2 is 1.37 bits per heavy atom. The first-order chi connectivity index (χ1) is 21.2. The summed E-state index contributed by atoms with van der Waals surface area (Å²) in [4.78, 5) is 11.2. The number of sulfone groups is 1. The lowest BCUT2D eigenvalue weighted by Gasteiger charge is -2.10. The van der Waals surface area contributed by atoms with Crippen molar-refractivity contribution >= 4 is 79.9 Å². The standard InChI is InChI=1S/C25H22N4O13S4/c26-23-21-10-9-20(44(33,34)35)13-16(21)14-22(45(36,37)38)24(23)29-28-18-3-1-15(2-4-18)25(30)27-17-5-7-19(8-6-17)43(31,32)12-11-42-46(39,40)41/h1-10,13-14H,11-12,26H2,(H,27,30)(H,33,34,35)(H,36,37,38)(H,39,40,41). The molecule has 4 rings (SSSR count). The molecule has 244 valence electrons. The van der Waals surface area contributed by atoms with Crippen molar-refractivity contribution in [2.75, 3.05) is 23.4 Å². The van der Waals surface area contributed by atoms with Crippen LogP contribution in [-0.2, 0) is 44.7 Å². The van der Waals surface area contributed by atoms with Gasteiger partial charge in [-0.25, -0.2) is 12.6 Å². The molecule has 4 aromatic rings. The summed E-state index contributed by atoms with van der Waals surface area (Å²) in [6.45, 7) is -0.799. The molecule has 0 saturated heterocycles. The highest BCUT2D eigenvalue weighted by atomic mass is 32.3. The number of anilines is 2. The normalized spacial score (nSPS) is 12.8. The molecule has 46 heavy (non-hydrogen) atoms. The van der Waals surface area contributed by atoms with E-state index in [1.165, 1.54) is 54.6 Å². The molecule has 0 bridgehead atoms. The highest BCUT2D eigenvalue weighted by Crippen LogP contribution is 2.39. The minimum absolute atomic E-state index is 0.0314. The van der Waals surface area contributed by atoms with Gasteiger partial charge in [-0.05, 0) is 72.1 Å². The molecule has 0 atom stereocenters. The first kappa shape index (κ1) is 34.5. The molecule has 0 saturated carbocycles. The number of hydrogen-bond acceptors (Lipinski definition) is 13. The minimum Gasteiger partial charge on any atom is -0.396 e. The molecule has 0 radical (unpaired) electrons. The van der Waals surface area contributed by atoms with Crippen LogP contribution < -0.4 is 11.1 Å². The number of azo groups is 1. The number of nitrogens with one attached hydrogen (secondary N) is 1. The predicted octanol–water partition coefficient (Wildman–Crippen LogP) is 3.18. The average Bonchev–Trinajstić information content (AvgIpc) is 2.95. The van der Waals surface area contributed by atoms with Gasteiger partial charge in [0.2, 0.25) is 0 Å². The fourth-order valence-corrected chi connectivity index (χ4v) is 6.61. The Morgan fingerprint density at radius 1 is 0.761 bits per heavy atom. The lowest BCUT2D eigenvalue weighted by molar-refractivity contribution is 0.102. The summed E-state index contributed by atoms with van der Waals surface area (Å²) in [6.07, 6.45) is 0. The molecule has 6 N–H and O–H groups in total. The number of nitrogen functional groups attached to an aromatic ring is 1. The van der Waals surface area contributed by atoms with E-state index in [1.54, 1.807) is 0 Å². The van der Waals surface area contributed by atoms with Gasteiger partial charge in [0.25, 0.3) is 26.1 Å². The molecular formula is C25H22N4O13S4. The second-order valence-corrected chi connectivity index (χ2v) is 15.3. The Hall–Kier alpha value is -4.35. The highest BCUT2D eigenvalue weighted by Gasteiger charge is 2.22. The Labute approximate surface area is 262 Å². The monoisotopic (exact) mass is 714 g/mol. The smallest absolute Gasteiger partial charge is 0.396 e. The summed E-state index contributed by atoms with van der Waals surface area (Å²) in [5.74, 6) is -1.33. The van der Waals surface area contributed by atoms with Gasteiger partial charge in [-0.15, -0.1) is 5.11 Å². The van der Waals surface area contributed by atoms with Gasteiger partial charge in [0, 0.05) is 16.6 Å². The number of fused-ring (bicyclic) bond motifs is 1. The molecule has 4 aromatic carbocycles. The van der Waals surface area contributed by atoms with Gasteiger partial charge in [-0.1, -0.05) is 6.07 Å². The second-order valence-electron chi connectivity index (χ2n) is 9.26. The maximum Gasteiger partial charge on any atom is 0.397 e. The summed E-state index contributed by atoms with van der Waals surface area (Å²) >= 11 is 0. The zero-order valence-corrected chi connectivity index (χ0v) is 26.1. The van der Waals surface area contributed by atoms with Crippen molar-refractivity contribution in [3.63, 3.8) is 0 Å². The molecule has 21 heteroatoms. The van der Waals surface area contributed by atoms with Crippen molar-refractivity contribution in [3.8, 4) is 0 Å². The third-order valence-electron chi connectivity index (χ3n) is 6.11. The van der Waals surface area contributed by atoms with E-state index in [-0.39, 0.29) is 38.3 Å². The zero-order valence-electron chi connectivity index (χ0n) is 22.9. The van der Waals surface area contributed by atoms with E-state index in [4.69, 9.17) is 10.3 Å². The zero-order chi connectivity index (χ0) is 34.1. The first-order valence-electron chi connectivity index (χ1n) is 12.3. The van der Waals surface area contributed by atoms with Crippen LogP contribution in [0.3, 0.4) is 0 Å². The molecule has 0 aliphatic rings. The second kappa shape index (κ2) is 12.8. The minimum atomic E-state index is -4.94. The Bertz CT molecular complexity index is 2310. The average molecular weight is 715 g/mol. The van der Waals surface area contributed by atoms with Crippen LogP contribution in [0.5, 0.6) is 0 Å². The first-order valence-corrected chi connectivity index (χ1v) is 18.2. The number of nitrogens with two attached hydrogens (primary N) is 1. The molecular weight excluding hydrogens is 693 g/mol. The van der Waals surface area contributed by atoms with Gasteiger partial charge in [0.15, 0.2) is 9.84 Å². The van der Waals surface area contributed by atoms with Crippen molar-refractivity contribution in [2.45, 2.75) is 14.7 Å². The lowest BCUT2D eigenvalue weighted by Crippen LogP contribution is -2.15. The van der Waals surface area contributed by atoms with Gasteiger partial charge >= 0.3 is 10.4 Å². The molecule has 0 spiro atoms. The maximum absolute atomic E-state index is 12.7. The van der Waals surface area contributed by atoms with Gasteiger partial charge in [-0.2, -0.15) is 30.4 Å². The van der Waals surface area contributed by atoms with E-state index in [2.05, 4.69) is 19.7 Å².